The third-order valence-corrected chi connectivity index (χ3v) is 3.95. The number of thiophene rings is 1. The number of benzene rings is 1. The second-order valence-corrected chi connectivity index (χ2v) is 5.10. The fraction of sp³-hybridized carbons (Fsp3) is 0.231. The minimum atomic E-state index is 0.372. The number of nitrogens with one attached hydrogen (secondary N) is 1. The van der Waals surface area contributed by atoms with Crippen LogP contribution in [0.2, 0.25) is 5.02 Å². The van der Waals surface area contributed by atoms with Gasteiger partial charge in [0.2, 0.25) is 0 Å². The lowest BCUT2D eigenvalue weighted by Crippen LogP contribution is -2.17. The van der Waals surface area contributed by atoms with Crippen molar-refractivity contribution in [3.63, 3.8) is 0 Å². The molecule has 0 saturated heterocycles. The third kappa shape index (κ3) is 2.85. The maximum absolute atomic E-state index is 6.10. The quantitative estimate of drug-likeness (QED) is 0.857. The Kier molecular flexibility index (Phi) is 3.99. The first-order valence-corrected chi connectivity index (χ1v) is 6.53. The van der Waals surface area contributed by atoms with E-state index in [0.29, 0.717) is 6.04 Å². The zero-order valence-electron chi connectivity index (χ0n) is 9.11. The Morgan fingerprint density at radius 3 is 2.75 bits per heavy atom. The molecule has 1 N–H and O–H groups in total. The third-order valence-electron chi connectivity index (χ3n) is 2.53. The molecule has 0 radical (unpaired) electrons. The summed E-state index contributed by atoms with van der Waals surface area (Å²) in [5, 5.41) is 6.40. The molecule has 84 valence electrons. The van der Waals surface area contributed by atoms with Crippen LogP contribution in [0.1, 0.15) is 23.4 Å². The van der Waals surface area contributed by atoms with Crippen molar-refractivity contribution >= 4 is 22.9 Å². The van der Waals surface area contributed by atoms with Crippen molar-refractivity contribution in [2.75, 3.05) is 0 Å². The molecule has 0 aliphatic heterocycles. The first kappa shape index (κ1) is 11.6. The summed E-state index contributed by atoms with van der Waals surface area (Å²) in [6.07, 6.45) is 0. The van der Waals surface area contributed by atoms with E-state index in [1.54, 1.807) is 11.3 Å². The van der Waals surface area contributed by atoms with Crippen molar-refractivity contribution < 1.29 is 0 Å². The van der Waals surface area contributed by atoms with Crippen LogP contribution in [0.5, 0.6) is 0 Å². The molecule has 3 heteroatoms. The fourth-order valence-electron chi connectivity index (χ4n) is 1.54. The Balaban J connectivity index is 1.95. The van der Waals surface area contributed by atoms with E-state index in [0.717, 1.165) is 17.1 Å². The van der Waals surface area contributed by atoms with Crippen LogP contribution in [0.15, 0.2) is 41.8 Å². The lowest BCUT2D eigenvalue weighted by molar-refractivity contribution is 0.583. The molecule has 0 fully saturated rings. The van der Waals surface area contributed by atoms with Gasteiger partial charge >= 0.3 is 0 Å². The average Bonchev–Trinajstić information content (AvgIpc) is 2.81. The molecule has 0 amide bonds. The maximum atomic E-state index is 6.10. The first-order valence-electron chi connectivity index (χ1n) is 5.27. The molecular formula is C13H14ClNS. The minimum Gasteiger partial charge on any atom is -0.305 e. The van der Waals surface area contributed by atoms with Gasteiger partial charge in [-0.3, -0.25) is 0 Å². The molecule has 2 rings (SSSR count). The van der Waals surface area contributed by atoms with Crippen molar-refractivity contribution in [3.05, 3.63) is 57.2 Å². The molecule has 0 unspecified atom stereocenters. The van der Waals surface area contributed by atoms with Crippen molar-refractivity contribution in [3.8, 4) is 0 Å². The van der Waals surface area contributed by atoms with Gasteiger partial charge in [0, 0.05) is 22.5 Å². The molecule has 1 atom stereocenters. The normalized spacial score (nSPS) is 12.6. The van der Waals surface area contributed by atoms with Crippen molar-refractivity contribution in [1.29, 1.82) is 0 Å². The fourth-order valence-corrected chi connectivity index (χ4v) is 2.50. The molecule has 0 aliphatic rings. The molecule has 1 nitrogen and oxygen atoms in total. The van der Waals surface area contributed by atoms with Gasteiger partial charge in [0.05, 0.1) is 0 Å². The lowest BCUT2D eigenvalue weighted by Gasteiger charge is -2.12. The summed E-state index contributed by atoms with van der Waals surface area (Å²) < 4.78 is 0. The largest absolute Gasteiger partial charge is 0.305 e. The van der Waals surface area contributed by atoms with Crippen LogP contribution in [-0.4, -0.2) is 0 Å². The van der Waals surface area contributed by atoms with Crippen molar-refractivity contribution in [2.24, 2.45) is 0 Å². The first-order chi connectivity index (χ1) is 7.77. The van der Waals surface area contributed by atoms with Crippen LogP contribution in [-0.2, 0) is 6.54 Å². The summed E-state index contributed by atoms with van der Waals surface area (Å²) >= 11 is 7.87. The highest BCUT2D eigenvalue weighted by Crippen LogP contribution is 2.20. The molecule has 1 heterocycles. The predicted octanol–water partition coefficient (Wildman–Crippen LogP) is 4.25. The maximum Gasteiger partial charge on any atom is 0.0450 e. The molecule has 0 spiro atoms. The number of rotatable bonds is 4. The van der Waals surface area contributed by atoms with Gasteiger partial charge in [0.15, 0.2) is 0 Å². The number of halogens is 1. The SMILES string of the molecule is C[C@@H](NCc1ccccc1Cl)c1cccs1. The highest BCUT2D eigenvalue weighted by molar-refractivity contribution is 7.10. The van der Waals surface area contributed by atoms with E-state index >= 15 is 0 Å². The van der Waals surface area contributed by atoms with Crippen molar-refractivity contribution in [2.45, 2.75) is 19.5 Å². The second kappa shape index (κ2) is 5.48. The van der Waals surface area contributed by atoms with Crippen LogP contribution in [0.25, 0.3) is 0 Å². The summed E-state index contributed by atoms with van der Waals surface area (Å²) in [7, 11) is 0. The van der Waals surface area contributed by atoms with Gasteiger partial charge in [-0.05, 0) is 30.0 Å². The van der Waals surface area contributed by atoms with E-state index in [9.17, 15) is 0 Å². The summed E-state index contributed by atoms with van der Waals surface area (Å²) in [5.74, 6) is 0. The van der Waals surface area contributed by atoms with E-state index < -0.39 is 0 Å². The predicted molar refractivity (Wildman–Crippen MR) is 71.0 cm³/mol. The van der Waals surface area contributed by atoms with Gasteiger partial charge in [0.25, 0.3) is 0 Å². The molecule has 16 heavy (non-hydrogen) atoms. The molecule has 1 aromatic heterocycles. The summed E-state index contributed by atoms with van der Waals surface area (Å²) in [6.45, 7) is 2.97. The van der Waals surface area contributed by atoms with E-state index in [1.807, 2.05) is 18.2 Å². The molecule has 0 saturated carbocycles. The van der Waals surface area contributed by atoms with E-state index in [2.05, 4.69) is 35.8 Å². The topological polar surface area (TPSA) is 12.0 Å². The smallest absolute Gasteiger partial charge is 0.0450 e. The molecule has 0 bridgehead atoms. The van der Waals surface area contributed by atoms with Crippen LogP contribution in [0, 0.1) is 0 Å². The second-order valence-electron chi connectivity index (χ2n) is 3.71. The Labute approximate surface area is 105 Å². The average molecular weight is 252 g/mol. The summed E-state index contributed by atoms with van der Waals surface area (Å²) in [5.41, 5.74) is 1.15. The highest BCUT2D eigenvalue weighted by atomic mass is 35.5. The zero-order valence-corrected chi connectivity index (χ0v) is 10.7. The van der Waals surface area contributed by atoms with Gasteiger partial charge in [0.1, 0.15) is 0 Å². The van der Waals surface area contributed by atoms with Gasteiger partial charge in [-0.2, -0.15) is 0 Å². The Hall–Kier alpha value is -0.830. The number of hydrogen-bond donors (Lipinski definition) is 1. The van der Waals surface area contributed by atoms with Gasteiger partial charge in [-0.1, -0.05) is 35.9 Å². The standard InChI is InChI=1S/C13H14ClNS/c1-10(13-7-4-8-16-13)15-9-11-5-2-3-6-12(11)14/h2-8,10,15H,9H2,1H3/t10-/m1/s1. The van der Waals surface area contributed by atoms with E-state index in [1.165, 1.54) is 4.88 Å². The van der Waals surface area contributed by atoms with Crippen LogP contribution < -0.4 is 5.32 Å². The van der Waals surface area contributed by atoms with E-state index in [4.69, 9.17) is 11.6 Å². The van der Waals surface area contributed by atoms with Crippen LogP contribution in [0.4, 0.5) is 0 Å². The van der Waals surface area contributed by atoms with Gasteiger partial charge in [-0.25, -0.2) is 0 Å². The lowest BCUT2D eigenvalue weighted by atomic mass is 10.2. The van der Waals surface area contributed by atoms with Gasteiger partial charge < -0.3 is 5.32 Å². The monoisotopic (exact) mass is 251 g/mol. The summed E-state index contributed by atoms with van der Waals surface area (Å²) in [4.78, 5) is 1.35. The Bertz CT molecular complexity index is 439. The molecular weight excluding hydrogens is 238 g/mol. The van der Waals surface area contributed by atoms with E-state index in [-0.39, 0.29) is 0 Å². The highest BCUT2D eigenvalue weighted by Gasteiger charge is 2.06. The Morgan fingerprint density at radius 1 is 1.25 bits per heavy atom. The zero-order chi connectivity index (χ0) is 11.4. The molecule has 2 aromatic rings. The van der Waals surface area contributed by atoms with Crippen molar-refractivity contribution in [1.82, 2.24) is 5.32 Å². The molecule has 1 aromatic carbocycles. The summed E-state index contributed by atoms with van der Waals surface area (Å²) in [6, 6.07) is 12.5. The minimum absolute atomic E-state index is 0.372. The van der Waals surface area contributed by atoms with Crippen LogP contribution >= 0.6 is 22.9 Å². The molecule has 0 aliphatic carbocycles. The Morgan fingerprint density at radius 2 is 2.06 bits per heavy atom. The number of hydrogen-bond acceptors (Lipinski definition) is 2. The van der Waals surface area contributed by atoms with Gasteiger partial charge in [-0.15, -0.1) is 11.3 Å². The van der Waals surface area contributed by atoms with Crippen LogP contribution in [0.3, 0.4) is 0 Å².